The van der Waals surface area contributed by atoms with Crippen molar-refractivity contribution in [2.75, 3.05) is 13.1 Å². The molecule has 17 heavy (non-hydrogen) atoms. The van der Waals surface area contributed by atoms with Crippen molar-refractivity contribution in [3.05, 3.63) is 24.2 Å². The zero-order chi connectivity index (χ0) is 12.3. The van der Waals surface area contributed by atoms with E-state index in [0.29, 0.717) is 12.3 Å². The van der Waals surface area contributed by atoms with E-state index in [1.54, 1.807) is 17.0 Å². The Balaban J connectivity index is 1.97. The molecule has 1 atom stereocenters. The van der Waals surface area contributed by atoms with Gasteiger partial charge in [-0.05, 0) is 25.0 Å². The fourth-order valence-corrected chi connectivity index (χ4v) is 2.12. The minimum Gasteiger partial charge on any atom is -0.459 e. The smallest absolute Gasteiger partial charge is 0.289 e. The molecule has 1 aromatic heterocycles. The molecule has 0 aromatic carbocycles. The highest BCUT2D eigenvalue weighted by Gasteiger charge is 2.25. The normalized spacial score (nSPS) is 20.1. The van der Waals surface area contributed by atoms with Crippen LogP contribution in [0.4, 0.5) is 0 Å². The molecule has 1 N–H and O–H groups in total. The summed E-state index contributed by atoms with van der Waals surface area (Å²) in [6.45, 7) is 2.77. The Labute approximate surface area is 99.8 Å². The van der Waals surface area contributed by atoms with E-state index in [1.807, 2.05) is 0 Å². The predicted molar refractivity (Wildman–Crippen MR) is 61.5 cm³/mol. The minimum atomic E-state index is -0.106. The summed E-state index contributed by atoms with van der Waals surface area (Å²) in [5, 5.41) is 2.85. The Morgan fingerprint density at radius 3 is 3.00 bits per heavy atom. The molecule has 1 fully saturated rings. The lowest BCUT2D eigenvalue weighted by Crippen LogP contribution is -2.49. The van der Waals surface area contributed by atoms with Gasteiger partial charge in [0.05, 0.1) is 6.26 Å². The van der Waals surface area contributed by atoms with Gasteiger partial charge in [-0.1, -0.05) is 0 Å². The molecule has 0 bridgehead atoms. The van der Waals surface area contributed by atoms with Crippen LogP contribution < -0.4 is 5.32 Å². The van der Waals surface area contributed by atoms with Crippen LogP contribution in [0.25, 0.3) is 0 Å². The molecule has 2 rings (SSSR count). The first-order chi connectivity index (χ1) is 8.16. The van der Waals surface area contributed by atoms with Crippen molar-refractivity contribution in [2.24, 2.45) is 0 Å². The third-order valence-corrected chi connectivity index (χ3v) is 2.85. The average molecular weight is 236 g/mol. The van der Waals surface area contributed by atoms with Gasteiger partial charge in [0.2, 0.25) is 5.91 Å². The highest BCUT2D eigenvalue weighted by atomic mass is 16.3. The van der Waals surface area contributed by atoms with Gasteiger partial charge in [0.25, 0.3) is 5.91 Å². The van der Waals surface area contributed by atoms with Crippen LogP contribution in [0.2, 0.25) is 0 Å². The van der Waals surface area contributed by atoms with Crippen LogP contribution in [0, 0.1) is 0 Å². The van der Waals surface area contributed by atoms with E-state index in [4.69, 9.17) is 4.42 Å². The van der Waals surface area contributed by atoms with Crippen molar-refractivity contribution >= 4 is 11.8 Å². The molecular formula is C12H16N2O3. The van der Waals surface area contributed by atoms with Crippen molar-refractivity contribution in [3.63, 3.8) is 0 Å². The summed E-state index contributed by atoms with van der Waals surface area (Å²) in [6.07, 6.45) is 3.31. The Morgan fingerprint density at radius 1 is 1.53 bits per heavy atom. The summed E-state index contributed by atoms with van der Waals surface area (Å²) in [5.74, 6) is 0.195. The van der Waals surface area contributed by atoms with Gasteiger partial charge in [-0.15, -0.1) is 0 Å². The standard InChI is InChI=1S/C12H16N2O3/c1-9(15)13-10-4-2-6-14(8-10)12(16)11-5-3-7-17-11/h3,5,7,10H,2,4,6,8H2,1H3,(H,13,15). The van der Waals surface area contributed by atoms with Gasteiger partial charge >= 0.3 is 0 Å². The highest BCUT2D eigenvalue weighted by Crippen LogP contribution is 2.14. The van der Waals surface area contributed by atoms with E-state index in [9.17, 15) is 9.59 Å². The largest absolute Gasteiger partial charge is 0.459 e. The molecule has 5 heteroatoms. The van der Waals surface area contributed by atoms with Gasteiger partial charge in [0.15, 0.2) is 5.76 Å². The first-order valence-electron chi connectivity index (χ1n) is 5.76. The summed E-state index contributed by atoms with van der Waals surface area (Å²) >= 11 is 0. The van der Waals surface area contributed by atoms with E-state index < -0.39 is 0 Å². The Morgan fingerprint density at radius 2 is 2.35 bits per heavy atom. The molecular weight excluding hydrogens is 220 g/mol. The fourth-order valence-electron chi connectivity index (χ4n) is 2.12. The number of furan rings is 1. The molecule has 5 nitrogen and oxygen atoms in total. The molecule has 2 heterocycles. The van der Waals surface area contributed by atoms with Gasteiger partial charge in [-0.3, -0.25) is 9.59 Å². The van der Waals surface area contributed by atoms with E-state index in [-0.39, 0.29) is 17.9 Å². The lowest BCUT2D eigenvalue weighted by Gasteiger charge is -2.32. The highest BCUT2D eigenvalue weighted by molar-refractivity contribution is 5.91. The quantitative estimate of drug-likeness (QED) is 0.834. The topological polar surface area (TPSA) is 62.6 Å². The third kappa shape index (κ3) is 2.87. The van der Waals surface area contributed by atoms with Crippen LogP contribution in [0.3, 0.4) is 0 Å². The molecule has 0 spiro atoms. The van der Waals surface area contributed by atoms with Crippen molar-refractivity contribution in [1.82, 2.24) is 10.2 Å². The number of hydrogen-bond acceptors (Lipinski definition) is 3. The monoisotopic (exact) mass is 236 g/mol. The SMILES string of the molecule is CC(=O)NC1CCCN(C(=O)c2ccco2)C1. The number of carbonyl (C=O) groups excluding carboxylic acids is 2. The van der Waals surface area contributed by atoms with Gasteiger partial charge in [-0.25, -0.2) is 0 Å². The number of likely N-dealkylation sites (tertiary alicyclic amines) is 1. The number of nitrogens with zero attached hydrogens (tertiary/aromatic N) is 1. The second-order valence-corrected chi connectivity index (χ2v) is 4.27. The van der Waals surface area contributed by atoms with Crippen molar-refractivity contribution < 1.29 is 14.0 Å². The zero-order valence-electron chi connectivity index (χ0n) is 9.81. The van der Waals surface area contributed by atoms with E-state index in [0.717, 1.165) is 19.4 Å². The van der Waals surface area contributed by atoms with Gasteiger partial charge < -0.3 is 14.6 Å². The summed E-state index contributed by atoms with van der Waals surface area (Å²) in [7, 11) is 0. The fraction of sp³-hybridized carbons (Fsp3) is 0.500. The molecule has 1 aromatic rings. The molecule has 0 saturated carbocycles. The van der Waals surface area contributed by atoms with E-state index in [2.05, 4.69) is 5.32 Å². The maximum absolute atomic E-state index is 12.0. The molecule has 1 aliphatic heterocycles. The number of amides is 2. The summed E-state index contributed by atoms with van der Waals surface area (Å²) in [6, 6.07) is 3.41. The summed E-state index contributed by atoms with van der Waals surface area (Å²) in [5.41, 5.74) is 0. The van der Waals surface area contributed by atoms with Crippen LogP contribution in [0.5, 0.6) is 0 Å². The second-order valence-electron chi connectivity index (χ2n) is 4.27. The third-order valence-electron chi connectivity index (χ3n) is 2.85. The van der Waals surface area contributed by atoms with Crippen LogP contribution >= 0.6 is 0 Å². The van der Waals surface area contributed by atoms with Crippen LogP contribution in [0.1, 0.15) is 30.3 Å². The van der Waals surface area contributed by atoms with Gasteiger partial charge in [0.1, 0.15) is 0 Å². The molecule has 2 amide bonds. The second kappa shape index (κ2) is 5.03. The number of carbonyl (C=O) groups is 2. The van der Waals surface area contributed by atoms with Crippen LogP contribution in [-0.4, -0.2) is 35.8 Å². The van der Waals surface area contributed by atoms with Gasteiger partial charge in [0, 0.05) is 26.1 Å². The molecule has 1 unspecified atom stereocenters. The van der Waals surface area contributed by atoms with E-state index in [1.165, 1.54) is 13.2 Å². The summed E-state index contributed by atoms with van der Waals surface area (Å²) in [4.78, 5) is 24.7. The molecule has 1 saturated heterocycles. The number of piperidine rings is 1. The average Bonchev–Trinajstić information content (AvgIpc) is 2.81. The predicted octanol–water partition coefficient (Wildman–Crippen LogP) is 1.02. The minimum absolute atomic E-state index is 0.0534. The molecule has 92 valence electrons. The first-order valence-corrected chi connectivity index (χ1v) is 5.76. The number of nitrogens with one attached hydrogen (secondary N) is 1. The first kappa shape index (κ1) is 11.7. The lowest BCUT2D eigenvalue weighted by atomic mass is 10.1. The maximum Gasteiger partial charge on any atom is 0.289 e. The molecule has 1 aliphatic rings. The summed E-state index contributed by atoms with van der Waals surface area (Å²) < 4.78 is 5.09. The van der Waals surface area contributed by atoms with Crippen molar-refractivity contribution in [1.29, 1.82) is 0 Å². The molecule has 0 aliphatic carbocycles. The van der Waals surface area contributed by atoms with Gasteiger partial charge in [-0.2, -0.15) is 0 Å². The molecule has 0 radical (unpaired) electrons. The lowest BCUT2D eigenvalue weighted by molar-refractivity contribution is -0.120. The number of rotatable bonds is 2. The Kier molecular flexibility index (Phi) is 3.46. The Hall–Kier alpha value is -1.78. The number of hydrogen-bond donors (Lipinski definition) is 1. The Bertz CT molecular complexity index is 400. The van der Waals surface area contributed by atoms with Crippen molar-refractivity contribution in [2.45, 2.75) is 25.8 Å². The zero-order valence-corrected chi connectivity index (χ0v) is 9.81. The van der Waals surface area contributed by atoms with E-state index >= 15 is 0 Å². The van der Waals surface area contributed by atoms with Crippen LogP contribution in [-0.2, 0) is 4.79 Å². The van der Waals surface area contributed by atoms with Crippen LogP contribution in [0.15, 0.2) is 22.8 Å². The maximum atomic E-state index is 12.0. The van der Waals surface area contributed by atoms with Crippen molar-refractivity contribution in [3.8, 4) is 0 Å².